The van der Waals surface area contributed by atoms with E-state index in [1.165, 1.54) is 12.0 Å². The minimum absolute atomic E-state index is 0.0863. The van der Waals surface area contributed by atoms with Gasteiger partial charge >= 0.3 is 0 Å². The Morgan fingerprint density at radius 2 is 2.14 bits per heavy atom. The summed E-state index contributed by atoms with van der Waals surface area (Å²) in [6, 6.07) is 0. The molecule has 1 aromatic heterocycles. The third-order valence-corrected chi connectivity index (χ3v) is 2.08. The third-order valence-electron chi connectivity index (χ3n) is 2.08. The van der Waals surface area contributed by atoms with Crippen molar-refractivity contribution in [3.63, 3.8) is 0 Å². The van der Waals surface area contributed by atoms with Crippen molar-refractivity contribution in [2.24, 2.45) is 0 Å². The second-order valence-electron chi connectivity index (χ2n) is 4.64. The summed E-state index contributed by atoms with van der Waals surface area (Å²) in [6.07, 6.45) is 5.23. The minimum Gasteiger partial charge on any atom is -0.313 e. The fraction of sp³-hybridized carbons (Fsp3) is 0.727. The zero-order valence-corrected chi connectivity index (χ0v) is 9.67. The lowest BCUT2D eigenvalue weighted by atomic mass is 10.1. The molecule has 80 valence electrons. The fourth-order valence-corrected chi connectivity index (χ4v) is 1.23. The van der Waals surface area contributed by atoms with Crippen LogP contribution in [0.4, 0.5) is 0 Å². The number of hydrogen-bond acceptors (Lipinski definition) is 2. The summed E-state index contributed by atoms with van der Waals surface area (Å²) >= 11 is 0. The Morgan fingerprint density at radius 1 is 1.43 bits per heavy atom. The van der Waals surface area contributed by atoms with Gasteiger partial charge in [-0.1, -0.05) is 6.92 Å². The second-order valence-corrected chi connectivity index (χ2v) is 4.64. The minimum atomic E-state index is 0.0863. The van der Waals surface area contributed by atoms with E-state index in [1.54, 1.807) is 0 Å². The van der Waals surface area contributed by atoms with Crippen molar-refractivity contribution in [3.05, 3.63) is 18.0 Å². The molecular weight excluding hydrogens is 174 g/mol. The van der Waals surface area contributed by atoms with Crippen molar-refractivity contribution in [2.75, 3.05) is 6.54 Å². The molecule has 0 amide bonds. The number of nitrogens with one attached hydrogen (secondary N) is 1. The van der Waals surface area contributed by atoms with Gasteiger partial charge in [0.1, 0.15) is 0 Å². The smallest absolute Gasteiger partial charge is 0.0543 e. The van der Waals surface area contributed by atoms with Gasteiger partial charge in [0.15, 0.2) is 0 Å². The Morgan fingerprint density at radius 3 is 2.64 bits per heavy atom. The summed E-state index contributed by atoms with van der Waals surface area (Å²) in [6.45, 7) is 10.6. The van der Waals surface area contributed by atoms with E-state index in [9.17, 15) is 0 Å². The molecule has 14 heavy (non-hydrogen) atoms. The molecule has 0 bridgehead atoms. The lowest BCUT2D eigenvalue weighted by Gasteiger charge is -2.18. The predicted molar refractivity (Wildman–Crippen MR) is 59.2 cm³/mol. The molecule has 3 nitrogen and oxygen atoms in total. The highest BCUT2D eigenvalue weighted by atomic mass is 15.3. The van der Waals surface area contributed by atoms with Crippen LogP contribution in [0.3, 0.4) is 0 Å². The maximum absolute atomic E-state index is 4.34. The standard InChI is InChI=1S/C11H21N3/c1-5-6-12-7-10-8-13-14(9-10)11(2,3)4/h8-9,12H,5-7H2,1-4H3. The highest BCUT2D eigenvalue weighted by Gasteiger charge is 2.13. The van der Waals surface area contributed by atoms with E-state index in [2.05, 4.69) is 44.3 Å². The van der Waals surface area contributed by atoms with Crippen molar-refractivity contribution < 1.29 is 0 Å². The molecule has 1 rings (SSSR count). The Bertz CT molecular complexity index is 270. The molecule has 0 spiro atoms. The van der Waals surface area contributed by atoms with E-state index in [4.69, 9.17) is 0 Å². The predicted octanol–water partition coefficient (Wildman–Crippen LogP) is 2.14. The molecule has 0 aromatic carbocycles. The van der Waals surface area contributed by atoms with Crippen molar-refractivity contribution in [1.82, 2.24) is 15.1 Å². The quantitative estimate of drug-likeness (QED) is 0.746. The van der Waals surface area contributed by atoms with Gasteiger partial charge in [0, 0.05) is 18.3 Å². The Hall–Kier alpha value is -0.830. The highest BCUT2D eigenvalue weighted by molar-refractivity contribution is 5.04. The van der Waals surface area contributed by atoms with Crippen molar-refractivity contribution in [3.8, 4) is 0 Å². The largest absolute Gasteiger partial charge is 0.313 e. The van der Waals surface area contributed by atoms with Crippen molar-refractivity contribution in [1.29, 1.82) is 0 Å². The average molecular weight is 195 g/mol. The molecule has 0 saturated carbocycles. The summed E-state index contributed by atoms with van der Waals surface area (Å²) in [5.74, 6) is 0. The van der Waals surface area contributed by atoms with Crippen molar-refractivity contribution in [2.45, 2.75) is 46.2 Å². The van der Waals surface area contributed by atoms with E-state index >= 15 is 0 Å². The molecule has 0 unspecified atom stereocenters. The van der Waals surface area contributed by atoms with Gasteiger partial charge in [0.2, 0.25) is 0 Å². The molecule has 0 saturated heterocycles. The van der Waals surface area contributed by atoms with Gasteiger partial charge in [-0.3, -0.25) is 4.68 Å². The topological polar surface area (TPSA) is 29.9 Å². The SMILES string of the molecule is CCCNCc1cnn(C(C)(C)C)c1. The number of rotatable bonds is 4. The van der Waals surface area contributed by atoms with Gasteiger partial charge in [-0.2, -0.15) is 5.10 Å². The first-order valence-corrected chi connectivity index (χ1v) is 5.29. The molecule has 0 aliphatic rings. The van der Waals surface area contributed by atoms with Gasteiger partial charge in [-0.15, -0.1) is 0 Å². The van der Waals surface area contributed by atoms with Gasteiger partial charge < -0.3 is 5.32 Å². The zero-order valence-electron chi connectivity index (χ0n) is 9.67. The summed E-state index contributed by atoms with van der Waals surface area (Å²) < 4.78 is 2.01. The number of aromatic nitrogens is 2. The van der Waals surface area contributed by atoms with Crippen LogP contribution in [0.1, 0.15) is 39.7 Å². The van der Waals surface area contributed by atoms with E-state index in [0.29, 0.717) is 0 Å². The van der Waals surface area contributed by atoms with E-state index in [-0.39, 0.29) is 5.54 Å². The number of nitrogens with zero attached hydrogens (tertiary/aromatic N) is 2. The summed E-state index contributed by atoms with van der Waals surface area (Å²) in [4.78, 5) is 0. The lowest BCUT2D eigenvalue weighted by molar-refractivity contribution is 0.355. The molecule has 0 radical (unpaired) electrons. The molecule has 0 atom stereocenters. The summed E-state index contributed by atoms with van der Waals surface area (Å²) in [7, 11) is 0. The Balaban J connectivity index is 2.51. The van der Waals surface area contributed by atoms with Gasteiger partial charge in [-0.25, -0.2) is 0 Å². The first-order valence-electron chi connectivity index (χ1n) is 5.29. The van der Waals surface area contributed by atoms with Crippen LogP contribution >= 0.6 is 0 Å². The summed E-state index contributed by atoms with van der Waals surface area (Å²) in [5.41, 5.74) is 1.34. The van der Waals surface area contributed by atoms with Crippen molar-refractivity contribution >= 4 is 0 Å². The van der Waals surface area contributed by atoms with Gasteiger partial charge in [0.25, 0.3) is 0 Å². The molecular formula is C11H21N3. The van der Waals surface area contributed by atoms with Gasteiger partial charge in [-0.05, 0) is 33.7 Å². The average Bonchev–Trinajstić information content (AvgIpc) is 2.52. The molecule has 0 aliphatic carbocycles. The second kappa shape index (κ2) is 4.60. The highest BCUT2D eigenvalue weighted by Crippen LogP contribution is 2.12. The van der Waals surface area contributed by atoms with Crippen LogP contribution in [0.25, 0.3) is 0 Å². The molecule has 3 heteroatoms. The molecule has 0 aliphatic heterocycles. The maximum Gasteiger partial charge on any atom is 0.0543 e. The zero-order chi connectivity index (χ0) is 10.6. The maximum atomic E-state index is 4.34. The molecule has 1 N–H and O–H groups in total. The van der Waals surface area contributed by atoms with Crippen LogP contribution in [0.5, 0.6) is 0 Å². The van der Waals surface area contributed by atoms with E-state index < -0.39 is 0 Å². The Kier molecular flexibility index (Phi) is 3.69. The third kappa shape index (κ3) is 3.14. The van der Waals surface area contributed by atoms with Crippen LogP contribution in [0.2, 0.25) is 0 Å². The van der Waals surface area contributed by atoms with Crippen LogP contribution in [-0.2, 0) is 12.1 Å². The van der Waals surface area contributed by atoms with Crippen LogP contribution < -0.4 is 5.32 Å². The van der Waals surface area contributed by atoms with E-state index in [0.717, 1.165) is 13.1 Å². The van der Waals surface area contributed by atoms with E-state index in [1.807, 2.05) is 10.9 Å². The molecule has 1 aromatic rings. The first kappa shape index (κ1) is 11.2. The van der Waals surface area contributed by atoms with Crippen LogP contribution in [-0.4, -0.2) is 16.3 Å². The molecule has 1 heterocycles. The Labute approximate surface area is 86.5 Å². The summed E-state index contributed by atoms with van der Waals surface area (Å²) in [5, 5.41) is 7.71. The van der Waals surface area contributed by atoms with Crippen LogP contribution in [0, 0.1) is 0 Å². The normalized spacial score (nSPS) is 12.0. The lowest BCUT2D eigenvalue weighted by Crippen LogP contribution is -2.22. The first-order chi connectivity index (χ1) is 6.54. The monoisotopic (exact) mass is 195 g/mol. The number of hydrogen-bond donors (Lipinski definition) is 1. The molecule has 0 fully saturated rings. The fourth-order valence-electron chi connectivity index (χ4n) is 1.23. The van der Waals surface area contributed by atoms with Crippen LogP contribution in [0.15, 0.2) is 12.4 Å². The van der Waals surface area contributed by atoms with Gasteiger partial charge in [0.05, 0.1) is 11.7 Å².